The number of hydrogen-bond acceptors (Lipinski definition) is 7. The van der Waals surface area contributed by atoms with Crippen molar-refractivity contribution in [3.63, 3.8) is 0 Å². The van der Waals surface area contributed by atoms with E-state index in [0.717, 1.165) is 61.1 Å². The quantitative estimate of drug-likeness (QED) is 0.325. The molecule has 1 amide bonds. The van der Waals surface area contributed by atoms with Gasteiger partial charge in [-0.25, -0.2) is 5.01 Å². The number of benzene rings is 2. The SMILES string of the molecule is COc1cc2c(cc1OC)[C@H]1CC(=O)N(N=C3CCCCCC3)[C@H](c3ccc([N+](=O)[O-])cc3)N1CC2. The lowest BCUT2D eigenvalue weighted by molar-refractivity contribution is -0.384. The number of nitro groups is 1. The summed E-state index contributed by atoms with van der Waals surface area (Å²) in [5.74, 6) is 1.28. The first-order valence-corrected chi connectivity index (χ1v) is 12.6. The summed E-state index contributed by atoms with van der Waals surface area (Å²) in [4.78, 5) is 26.8. The van der Waals surface area contributed by atoms with E-state index in [2.05, 4.69) is 4.90 Å². The maximum absolute atomic E-state index is 13.7. The second kappa shape index (κ2) is 10.3. The third-order valence-electron chi connectivity index (χ3n) is 7.55. The summed E-state index contributed by atoms with van der Waals surface area (Å²) in [5.41, 5.74) is 4.11. The highest BCUT2D eigenvalue weighted by Gasteiger charge is 2.44. The van der Waals surface area contributed by atoms with Crippen LogP contribution in [0, 0.1) is 10.1 Å². The summed E-state index contributed by atoms with van der Waals surface area (Å²) in [7, 11) is 3.24. The van der Waals surface area contributed by atoms with Gasteiger partial charge in [0, 0.05) is 36.9 Å². The highest BCUT2D eigenvalue weighted by atomic mass is 16.6. The molecule has 3 aliphatic rings. The molecule has 2 aromatic rings. The lowest BCUT2D eigenvalue weighted by atomic mass is 9.87. The minimum absolute atomic E-state index is 0.0277. The summed E-state index contributed by atoms with van der Waals surface area (Å²) < 4.78 is 11.1. The van der Waals surface area contributed by atoms with Crippen molar-refractivity contribution in [3.8, 4) is 11.5 Å². The van der Waals surface area contributed by atoms with Gasteiger partial charge in [-0.1, -0.05) is 12.8 Å². The summed E-state index contributed by atoms with van der Waals surface area (Å²) in [6.45, 7) is 0.726. The van der Waals surface area contributed by atoms with Gasteiger partial charge in [-0.2, -0.15) is 5.10 Å². The number of carbonyl (C=O) groups is 1. The monoisotopic (exact) mass is 492 g/mol. The Morgan fingerprint density at radius 1 is 0.972 bits per heavy atom. The van der Waals surface area contributed by atoms with Gasteiger partial charge in [0.25, 0.3) is 5.69 Å². The van der Waals surface area contributed by atoms with Crippen LogP contribution in [0.5, 0.6) is 11.5 Å². The molecule has 0 N–H and O–H groups in total. The smallest absolute Gasteiger partial charge is 0.269 e. The number of fused-ring (bicyclic) bond motifs is 3. The maximum atomic E-state index is 13.7. The number of amides is 1. The van der Waals surface area contributed by atoms with E-state index in [4.69, 9.17) is 14.6 Å². The van der Waals surface area contributed by atoms with Crippen LogP contribution >= 0.6 is 0 Å². The minimum Gasteiger partial charge on any atom is -0.493 e. The van der Waals surface area contributed by atoms with Crippen LogP contribution in [-0.4, -0.2) is 47.2 Å². The van der Waals surface area contributed by atoms with E-state index < -0.39 is 11.1 Å². The Hall–Kier alpha value is -3.46. The van der Waals surface area contributed by atoms with Gasteiger partial charge in [0.05, 0.1) is 19.1 Å². The molecule has 1 aliphatic carbocycles. The van der Waals surface area contributed by atoms with E-state index in [1.165, 1.54) is 25.0 Å². The fourth-order valence-corrected chi connectivity index (χ4v) is 5.70. The number of methoxy groups -OCH3 is 2. The van der Waals surface area contributed by atoms with Crippen LogP contribution in [-0.2, 0) is 11.2 Å². The molecule has 1 saturated heterocycles. The molecule has 9 heteroatoms. The van der Waals surface area contributed by atoms with Crippen molar-refractivity contribution in [2.24, 2.45) is 5.10 Å². The third kappa shape index (κ3) is 4.55. The van der Waals surface area contributed by atoms with Crippen molar-refractivity contribution in [1.29, 1.82) is 0 Å². The molecule has 0 aromatic heterocycles. The van der Waals surface area contributed by atoms with E-state index in [1.807, 2.05) is 12.1 Å². The van der Waals surface area contributed by atoms with Crippen molar-refractivity contribution in [3.05, 3.63) is 63.2 Å². The van der Waals surface area contributed by atoms with Crippen LogP contribution in [0.25, 0.3) is 0 Å². The Bertz CT molecular complexity index is 1170. The van der Waals surface area contributed by atoms with Crippen LogP contribution in [0.2, 0.25) is 0 Å². The number of hydrogen-bond donors (Lipinski definition) is 0. The largest absolute Gasteiger partial charge is 0.493 e. The number of rotatable bonds is 5. The Balaban J connectivity index is 1.57. The fourth-order valence-electron chi connectivity index (χ4n) is 5.70. The molecule has 9 nitrogen and oxygen atoms in total. The van der Waals surface area contributed by atoms with E-state index in [-0.39, 0.29) is 17.6 Å². The van der Waals surface area contributed by atoms with Gasteiger partial charge in [-0.05, 0) is 73.1 Å². The second-order valence-electron chi connectivity index (χ2n) is 9.65. The fraction of sp³-hybridized carbons (Fsp3) is 0.481. The van der Waals surface area contributed by atoms with Gasteiger partial charge >= 0.3 is 0 Å². The standard InChI is InChI=1S/C27H32N4O5/c1-35-24-15-19-13-14-29-23(22(19)16-25(24)36-2)17-26(32)30(28-20-7-5-3-4-6-8-20)27(29)18-9-11-21(12-10-18)31(33)34/h9-12,15-16,23,27H,3-8,13-14,17H2,1-2H3/t23-,27-/m1/s1. The molecule has 1 saturated carbocycles. The Morgan fingerprint density at radius 3 is 2.28 bits per heavy atom. The Kier molecular flexibility index (Phi) is 6.91. The van der Waals surface area contributed by atoms with E-state index in [1.54, 1.807) is 31.4 Å². The Morgan fingerprint density at radius 2 is 1.64 bits per heavy atom. The van der Waals surface area contributed by atoms with E-state index in [9.17, 15) is 14.9 Å². The molecule has 2 atom stereocenters. The maximum Gasteiger partial charge on any atom is 0.269 e. The number of carbonyl (C=O) groups excluding carboxylic acids is 1. The van der Waals surface area contributed by atoms with Gasteiger partial charge in [-0.15, -0.1) is 0 Å². The van der Waals surface area contributed by atoms with Crippen molar-refractivity contribution < 1.29 is 19.2 Å². The summed E-state index contributed by atoms with van der Waals surface area (Å²) in [5, 5.41) is 17.8. The molecule has 190 valence electrons. The van der Waals surface area contributed by atoms with Crippen molar-refractivity contribution >= 4 is 17.3 Å². The summed E-state index contributed by atoms with van der Waals surface area (Å²) in [6, 6.07) is 10.4. The first kappa shape index (κ1) is 24.2. The Labute approximate surface area is 210 Å². The van der Waals surface area contributed by atoms with Crippen LogP contribution < -0.4 is 9.47 Å². The lowest BCUT2D eigenvalue weighted by Gasteiger charge is -2.49. The van der Waals surface area contributed by atoms with E-state index in [0.29, 0.717) is 17.9 Å². The molecular weight excluding hydrogens is 460 g/mol. The predicted octanol–water partition coefficient (Wildman–Crippen LogP) is 5.15. The summed E-state index contributed by atoms with van der Waals surface area (Å²) in [6.07, 6.45) is 7.02. The molecule has 0 radical (unpaired) electrons. The zero-order valence-electron chi connectivity index (χ0n) is 20.8. The van der Waals surface area contributed by atoms with Crippen LogP contribution in [0.3, 0.4) is 0 Å². The molecule has 2 aliphatic heterocycles. The minimum atomic E-state index is -0.436. The highest BCUT2D eigenvalue weighted by molar-refractivity contribution is 5.87. The molecule has 0 spiro atoms. The number of ether oxygens (including phenoxy) is 2. The topological polar surface area (TPSA) is 97.5 Å². The lowest BCUT2D eigenvalue weighted by Crippen LogP contribution is -2.52. The molecule has 2 fully saturated rings. The molecule has 5 rings (SSSR count). The van der Waals surface area contributed by atoms with Crippen LogP contribution in [0.4, 0.5) is 5.69 Å². The molecule has 0 bridgehead atoms. The first-order chi connectivity index (χ1) is 17.5. The number of hydrazone groups is 1. The first-order valence-electron chi connectivity index (χ1n) is 12.6. The average molecular weight is 493 g/mol. The molecule has 2 heterocycles. The summed E-state index contributed by atoms with van der Waals surface area (Å²) >= 11 is 0. The van der Waals surface area contributed by atoms with Crippen molar-refractivity contribution in [1.82, 2.24) is 9.91 Å². The van der Waals surface area contributed by atoms with E-state index >= 15 is 0 Å². The van der Waals surface area contributed by atoms with Gasteiger partial charge in [-0.3, -0.25) is 19.8 Å². The molecule has 36 heavy (non-hydrogen) atoms. The van der Waals surface area contributed by atoms with Gasteiger partial charge in [0.1, 0.15) is 6.17 Å². The zero-order chi connectivity index (χ0) is 25.2. The van der Waals surface area contributed by atoms with Crippen LogP contribution in [0.1, 0.15) is 73.8 Å². The molecular formula is C27H32N4O5. The number of nitrogens with zero attached hydrogens (tertiary/aromatic N) is 4. The van der Waals surface area contributed by atoms with Gasteiger partial charge in [0.15, 0.2) is 11.5 Å². The van der Waals surface area contributed by atoms with Gasteiger partial charge in [0.2, 0.25) is 5.91 Å². The number of nitro benzene ring substituents is 1. The van der Waals surface area contributed by atoms with Crippen LogP contribution in [0.15, 0.2) is 41.5 Å². The van der Waals surface area contributed by atoms with Gasteiger partial charge < -0.3 is 9.47 Å². The molecule has 2 aromatic carbocycles. The average Bonchev–Trinajstić information content (AvgIpc) is 3.17. The third-order valence-corrected chi connectivity index (χ3v) is 7.55. The molecule has 0 unspecified atom stereocenters. The zero-order valence-corrected chi connectivity index (χ0v) is 20.8. The highest BCUT2D eigenvalue weighted by Crippen LogP contribution is 2.47. The second-order valence-corrected chi connectivity index (χ2v) is 9.65. The predicted molar refractivity (Wildman–Crippen MR) is 135 cm³/mol. The van der Waals surface area contributed by atoms with Crippen molar-refractivity contribution in [2.45, 2.75) is 63.6 Å². The number of non-ortho nitro benzene ring substituents is 1. The van der Waals surface area contributed by atoms with Crippen molar-refractivity contribution in [2.75, 3.05) is 20.8 Å². The normalized spacial score (nSPS) is 22.3.